The Labute approximate surface area is 487 Å². The largest absolute Gasteiger partial charge is 0.457 e. The van der Waals surface area contributed by atoms with Crippen LogP contribution in [0.2, 0.25) is 0 Å². The summed E-state index contributed by atoms with van der Waals surface area (Å²) >= 11 is 13.5. The highest BCUT2D eigenvalue weighted by molar-refractivity contribution is 7.81. The Morgan fingerprint density at radius 1 is 0.305 bits per heavy atom. The van der Waals surface area contributed by atoms with Crippen LogP contribution in [0.25, 0.3) is 43.1 Å². The summed E-state index contributed by atoms with van der Waals surface area (Å²) in [6, 6.07) is 58.5. The van der Waals surface area contributed by atoms with Crippen LogP contribution in [0, 0.1) is 0 Å². The predicted octanol–water partition coefficient (Wildman–Crippen LogP) is 20.1. The van der Waals surface area contributed by atoms with E-state index in [0.717, 1.165) is 33.6 Å². The zero-order valence-corrected chi connectivity index (χ0v) is 48.4. The third kappa shape index (κ3) is 8.45. The smallest absolute Gasteiger partial charge is 0.264 e. The van der Waals surface area contributed by atoms with Crippen molar-refractivity contribution < 1.29 is 28.5 Å². The molecule has 0 fully saturated rings. The number of thiocarbonyl (C=S) groups is 2. The summed E-state index contributed by atoms with van der Waals surface area (Å²) in [7, 11) is 0. The summed E-state index contributed by atoms with van der Waals surface area (Å²) in [6.45, 7) is 17.1. The van der Waals surface area contributed by atoms with Gasteiger partial charge in [0, 0.05) is 54.2 Å². The first kappa shape index (κ1) is 52.4. The highest BCUT2D eigenvalue weighted by atomic mass is 32.1. The van der Waals surface area contributed by atoms with E-state index in [1.807, 2.05) is 146 Å². The van der Waals surface area contributed by atoms with E-state index in [9.17, 15) is 0 Å². The third-order valence-electron chi connectivity index (χ3n) is 15.9. The zero-order chi connectivity index (χ0) is 56.8. The van der Waals surface area contributed by atoms with Gasteiger partial charge in [-0.05, 0) is 119 Å². The Morgan fingerprint density at radius 2 is 0.549 bits per heavy atom. The maximum atomic E-state index is 16.3. The lowest BCUT2D eigenvalue weighted by Crippen LogP contribution is -2.41. The minimum Gasteiger partial charge on any atom is -0.457 e. The molecule has 11 aromatic rings. The Kier molecular flexibility index (Phi) is 13.1. The Balaban J connectivity index is 1.26. The minimum absolute atomic E-state index is 0.0498. The number of para-hydroxylation sites is 6. The number of carbonyl (C=O) groups excluding carboxylic acids is 2. The summed E-state index contributed by atoms with van der Waals surface area (Å²) in [4.78, 5) is 36.6. The van der Waals surface area contributed by atoms with Crippen molar-refractivity contribution in [3.8, 4) is 46.0 Å². The highest BCUT2D eigenvalue weighted by Gasteiger charge is 2.42. The molecule has 0 aliphatic carbocycles. The number of hydrogen-bond donors (Lipinski definition) is 0. The van der Waals surface area contributed by atoms with Gasteiger partial charge in [0.15, 0.2) is 0 Å². The number of benzene rings is 11. The standard InChI is InChI=1S/C72H58N2O6S2/c1-39(2)47-31-21-32-48(40(3)4)67(47)73-69(75)51-35-55(77-43-23-13-9-14-24-43)61-64-58(80-46-29-19-12-20-30-46)38-54-60-52(70(76)74(72(54)82)68-49(41(5)6)33-22-34-50(68)42(7)8)36-56(78-44-25-15-10-16-26-44)62(66(60)64)63-57(79-45-27-17-11-18-28-45)37-53(71(73)81)59(51)65(61)63/h9-42H,1-8H3. The first-order valence-corrected chi connectivity index (χ1v) is 28.8. The van der Waals surface area contributed by atoms with Crippen molar-refractivity contribution in [2.75, 3.05) is 9.80 Å². The summed E-state index contributed by atoms with van der Waals surface area (Å²) in [5.74, 6) is 3.42. The molecule has 2 aliphatic heterocycles. The van der Waals surface area contributed by atoms with Crippen LogP contribution in [-0.2, 0) is 0 Å². The van der Waals surface area contributed by atoms with E-state index >= 15 is 9.59 Å². The lowest BCUT2D eigenvalue weighted by molar-refractivity contribution is 0.0995. The second kappa shape index (κ2) is 20.5. The van der Waals surface area contributed by atoms with Crippen LogP contribution in [0.3, 0.4) is 0 Å². The second-order valence-corrected chi connectivity index (χ2v) is 23.2. The molecule has 10 heteroatoms. The molecule has 0 N–H and O–H groups in total. The van der Waals surface area contributed by atoms with Gasteiger partial charge in [-0.15, -0.1) is 0 Å². The summed E-state index contributed by atoms with van der Waals surface area (Å²) in [5, 5.41) is 4.91. The molecular formula is C72H58N2O6S2. The fourth-order valence-electron chi connectivity index (χ4n) is 12.2. The van der Waals surface area contributed by atoms with Crippen molar-refractivity contribution in [1.82, 2.24) is 0 Å². The lowest BCUT2D eigenvalue weighted by atomic mass is 9.80. The minimum atomic E-state index is -0.296. The highest BCUT2D eigenvalue weighted by Crippen LogP contribution is 2.59. The molecule has 13 rings (SSSR count). The van der Waals surface area contributed by atoms with Crippen molar-refractivity contribution >= 4 is 101 Å². The van der Waals surface area contributed by atoms with E-state index in [2.05, 4.69) is 91.8 Å². The molecule has 0 aromatic heterocycles. The van der Waals surface area contributed by atoms with Gasteiger partial charge in [0.25, 0.3) is 11.8 Å². The van der Waals surface area contributed by atoms with Gasteiger partial charge in [-0.3, -0.25) is 19.4 Å². The van der Waals surface area contributed by atoms with E-state index in [0.29, 0.717) is 121 Å². The van der Waals surface area contributed by atoms with E-state index in [1.165, 1.54) is 0 Å². The molecule has 2 amide bonds. The first-order valence-electron chi connectivity index (χ1n) is 28.0. The van der Waals surface area contributed by atoms with Gasteiger partial charge in [-0.2, -0.15) is 0 Å². The van der Waals surface area contributed by atoms with Gasteiger partial charge in [-0.1, -0.05) is 189 Å². The molecule has 82 heavy (non-hydrogen) atoms. The van der Waals surface area contributed by atoms with Gasteiger partial charge < -0.3 is 18.9 Å². The van der Waals surface area contributed by atoms with E-state index < -0.39 is 0 Å². The summed E-state index contributed by atoms with van der Waals surface area (Å²) in [5.41, 5.74) is 7.54. The molecular weight excluding hydrogens is 1050 g/mol. The molecule has 0 radical (unpaired) electrons. The lowest BCUT2D eigenvalue weighted by Gasteiger charge is -2.36. The number of hydrogen-bond acceptors (Lipinski definition) is 8. The average molecular weight is 1110 g/mol. The van der Waals surface area contributed by atoms with E-state index in [4.69, 9.17) is 43.4 Å². The van der Waals surface area contributed by atoms with Gasteiger partial charge in [0.2, 0.25) is 0 Å². The third-order valence-corrected chi connectivity index (χ3v) is 16.7. The van der Waals surface area contributed by atoms with Crippen molar-refractivity contribution in [2.45, 2.75) is 79.1 Å². The molecule has 0 saturated heterocycles. The van der Waals surface area contributed by atoms with Crippen molar-refractivity contribution in [3.05, 3.63) is 226 Å². The maximum Gasteiger partial charge on any atom is 0.264 e. The van der Waals surface area contributed by atoms with Crippen molar-refractivity contribution in [3.63, 3.8) is 0 Å². The summed E-state index contributed by atoms with van der Waals surface area (Å²) < 4.78 is 29.0. The Bertz CT molecular complexity index is 3880. The molecule has 0 unspecified atom stereocenters. The molecule has 2 heterocycles. The fourth-order valence-corrected chi connectivity index (χ4v) is 12.9. The number of nitrogens with zero attached hydrogens (tertiary/aromatic N) is 2. The molecule has 0 spiro atoms. The Hall–Kier alpha value is -8.96. The molecule has 8 nitrogen and oxygen atoms in total. The van der Waals surface area contributed by atoms with Crippen LogP contribution in [-0.4, -0.2) is 21.8 Å². The quantitative estimate of drug-likeness (QED) is 0.0605. The monoisotopic (exact) mass is 1110 g/mol. The van der Waals surface area contributed by atoms with Crippen LogP contribution in [0.15, 0.2) is 182 Å². The number of ether oxygens (including phenoxy) is 4. The number of amides is 2. The first-order chi connectivity index (χ1) is 39.7. The number of anilines is 2. The molecule has 0 bridgehead atoms. The summed E-state index contributed by atoms with van der Waals surface area (Å²) in [6.07, 6.45) is 0. The van der Waals surface area contributed by atoms with Crippen LogP contribution < -0.4 is 28.7 Å². The number of carbonyl (C=O) groups is 2. The van der Waals surface area contributed by atoms with Gasteiger partial charge >= 0.3 is 0 Å². The zero-order valence-electron chi connectivity index (χ0n) is 46.8. The SMILES string of the molecule is CC(C)c1cccc(C(C)C)c1N1C(=O)c2cc(Oc3ccccc3)c3c4c(Oc5ccccc5)cc5c6c(cc(Oc7ccccc7)c(c7c(Oc8ccccc8)cc(c2c37)C1=S)c64)C(=O)N(c1c(C(C)C)cccc1C(C)C)C5=S. The van der Waals surface area contributed by atoms with Crippen molar-refractivity contribution in [2.24, 2.45) is 0 Å². The van der Waals surface area contributed by atoms with Gasteiger partial charge in [-0.25, -0.2) is 0 Å². The van der Waals surface area contributed by atoms with Crippen LogP contribution >= 0.6 is 24.4 Å². The Morgan fingerprint density at radius 3 is 0.793 bits per heavy atom. The normalized spacial score (nSPS) is 13.4. The predicted molar refractivity (Wildman–Crippen MR) is 340 cm³/mol. The molecule has 404 valence electrons. The van der Waals surface area contributed by atoms with Crippen molar-refractivity contribution in [1.29, 1.82) is 0 Å². The average Bonchev–Trinajstić information content (AvgIpc) is 1.49. The molecule has 11 aromatic carbocycles. The van der Waals surface area contributed by atoms with Crippen LogP contribution in [0.1, 0.15) is 133 Å². The molecule has 0 atom stereocenters. The molecule has 2 aliphatic rings. The van der Waals surface area contributed by atoms with Crippen LogP contribution in [0.4, 0.5) is 11.4 Å². The maximum absolute atomic E-state index is 16.3. The molecule has 0 saturated carbocycles. The fraction of sp³-hybridized carbons (Fsp3) is 0.167. The topological polar surface area (TPSA) is 77.5 Å². The van der Waals surface area contributed by atoms with E-state index in [-0.39, 0.29) is 35.5 Å². The van der Waals surface area contributed by atoms with E-state index in [1.54, 1.807) is 9.80 Å². The number of fused-ring (bicyclic) bond motifs is 2. The number of rotatable bonds is 14. The van der Waals surface area contributed by atoms with Gasteiger partial charge in [0.05, 0.1) is 22.5 Å². The second-order valence-electron chi connectivity index (χ2n) is 22.4. The van der Waals surface area contributed by atoms with Gasteiger partial charge in [0.1, 0.15) is 56.0 Å². The van der Waals surface area contributed by atoms with Crippen LogP contribution in [0.5, 0.6) is 46.0 Å².